The molecule has 1 N–H and O–H groups in total. The number of benzene rings is 2. The van der Waals surface area contributed by atoms with Crippen LogP contribution in [0.3, 0.4) is 0 Å². The lowest BCUT2D eigenvalue weighted by molar-refractivity contribution is 0.170. The Morgan fingerprint density at radius 2 is 1.76 bits per heavy atom. The van der Waals surface area contributed by atoms with Crippen molar-refractivity contribution < 1.29 is 26.7 Å². The van der Waals surface area contributed by atoms with Crippen LogP contribution in [-0.4, -0.2) is 46.2 Å². The van der Waals surface area contributed by atoms with Crippen LogP contribution in [0.5, 0.6) is 11.5 Å². The fourth-order valence-electron chi connectivity index (χ4n) is 3.83. The fraction of sp³-hybridized carbons (Fsp3) is 0.400. The lowest BCUT2D eigenvalue weighted by Crippen LogP contribution is -2.34. The van der Waals surface area contributed by atoms with Gasteiger partial charge in [-0.1, -0.05) is 6.07 Å². The zero-order valence-corrected chi connectivity index (χ0v) is 16.6. The number of likely N-dealkylation sites (tertiary alicyclic amines) is 1. The highest BCUT2D eigenvalue weighted by atomic mass is 32.2. The fourth-order valence-corrected chi connectivity index (χ4v) is 4.89. The second kappa shape index (κ2) is 8.25. The van der Waals surface area contributed by atoms with Crippen molar-refractivity contribution in [2.75, 3.05) is 32.8 Å². The molecule has 0 amide bonds. The van der Waals surface area contributed by atoms with Crippen LogP contribution in [0, 0.1) is 11.6 Å². The van der Waals surface area contributed by atoms with Crippen LogP contribution in [0.1, 0.15) is 24.4 Å². The van der Waals surface area contributed by atoms with Crippen LogP contribution < -0.4 is 14.2 Å². The monoisotopic (exact) mass is 424 g/mol. The Morgan fingerprint density at radius 1 is 1.03 bits per heavy atom. The van der Waals surface area contributed by atoms with E-state index < -0.39 is 26.6 Å². The van der Waals surface area contributed by atoms with Gasteiger partial charge in [-0.2, -0.15) is 0 Å². The number of sulfonamides is 1. The maximum Gasteiger partial charge on any atom is 0.240 e. The van der Waals surface area contributed by atoms with E-state index in [2.05, 4.69) is 9.62 Å². The summed E-state index contributed by atoms with van der Waals surface area (Å²) in [7, 11) is -3.98. The largest absolute Gasteiger partial charge is 0.486 e. The van der Waals surface area contributed by atoms with Gasteiger partial charge in [-0.15, -0.1) is 0 Å². The number of hydrogen-bond acceptors (Lipinski definition) is 5. The van der Waals surface area contributed by atoms with E-state index in [4.69, 9.17) is 9.47 Å². The van der Waals surface area contributed by atoms with Gasteiger partial charge in [-0.3, -0.25) is 4.90 Å². The minimum Gasteiger partial charge on any atom is -0.486 e. The van der Waals surface area contributed by atoms with E-state index in [9.17, 15) is 17.2 Å². The molecule has 0 aromatic heterocycles. The summed E-state index contributed by atoms with van der Waals surface area (Å²) in [6.45, 7) is 2.53. The standard InChI is InChI=1S/C20H22F2N2O4S/c21-15-11-16(22)13-17(12-15)29(25,26)23-5-7-24-6-1-2-18(24)14-3-4-19-20(10-14)28-9-8-27-19/h3-4,10-13,18,23H,1-2,5-9H2. The molecule has 29 heavy (non-hydrogen) atoms. The minimum absolute atomic E-state index is 0.140. The Bertz CT molecular complexity index is 980. The number of nitrogens with one attached hydrogen (secondary N) is 1. The average molecular weight is 424 g/mol. The maximum absolute atomic E-state index is 13.3. The smallest absolute Gasteiger partial charge is 0.240 e. The van der Waals surface area contributed by atoms with E-state index in [0.29, 0.717) is 25.8 Å². The number of nitrogens with zero attached hydrogens (tertiary/aromatic N) is 1. The van der Waals surface area contributed by atoms with Gasteiger partial charge >= 0.3 is 0 Å². The molecule has 0 saturated carbocycles. The molecule has 2 aliphatic rings. The van der Waals surface area contributed by atoms with E-state index >= 15 is 0 Å². The molecule has 4 rings (SSSR count). The van der Waals surface area contributed by atoms with Crippen LogP contribution in [0.4, 0.5) is 8.78 Å². The van der Waals surface area contributed by atoms with Crippen LogP contribution in [0.2, 0.25) is 0 Å². The number of rotatable bonds is 6. The molecule has 0 aliphatic carbocycles. The SMILES string of the molecule is O=S(=O)(NCCN1CCCC1c1ccc2c(c1)OCCO2)c1cc(F)cc(F)c1. The predicted molar refractivity (Wildman–Crippen MR) is 103 cm³/mol. The van der Waals surface area contributed by atoms with Gasteiger partial charge in [0.05, 0.1) is 4.90 Å². The summed E-state index contributed by atoms with van der Waals surface area (Å²) >= 11 is 0. The van der Waals surface area contributed by atoms with E-state index in [-0.39, 0.29) is 12.6 Å². The first kappa shape index (κ1) is 20.1. The van der Waals surface area contributed by atoms with Crippen molar-refractivity contribution in [3.63, 3.8) is 0 Å². The van der Waals surface area contributed by atoms with Gasteiger partial charge < -0.3 is 9.47 Å². The van der Waals surface area contributed by atoms with Gasteiger partial charge in [-0.05, 0) is 49.2 Å². The molecule has 2 heterocycles. The lowest BCUT2D eigenvalue weighted by Gasteiger charge is -2.26. The molecule has 1 atom stereocenters. The first-order valence-electron chi connectivity index (χ1n) is 9.52. The molecule has 6 nitrogen and oxygen atoms in total. The molecule has 2 aliphatic heterocycles. The summed E-state index contributed by atoms with van der Waals surface area (Å²) in [6.07, 6.45) is 1.96. The van der Waals surface area contributed by atoms with E-state index in [0.717, 1.165) is 48.6 Å². The molecule has 1 fully saturated rings. The number of hydrogen-bond donors (Lipinski definition) is 1. The molecule has 2 aromatic carbocycles. The quantitative estimate of drug-likeness (QED) is 0.773. The molecular weight excluding hydrogens is 402 g/mol. The van der Waals surface area contributed by atoms with Crippen molar-refractivity contribution in [3.8, 4) is 11.5 Å². The molecule has 0 spiro atoms. The van der Waals surface area contributed by atoms with E-state index in [1.165, 1.54) is 0 Å². The van der Waals surface area contributed by atoms with Crippen molar-refractivity contribution in [1.82, 2.24) is 9.62 Å². The summed E-state index contributed by atoms with van der Waals surface area (Å²) in [5, 5.41) is 0. The Labute approximate surface area is 168 Å². The van der Waals surface area contributed by atoms with E-state index in [1.54, 1.807) is 0 Å². The van der Waals surface area contributed by atoms with Crippen molar-refractivity contribution in [2.45, 2.75) is 23.8 Å². The summed E-state index contributed by atoms with van der Waals surface area (Å²) in [6, 6.07) is 8.30. The van der Waals surface area contributed by atoms with Gasteiger partial charge in [0.2, 0.25) is 10.0 Å². The molecular formula is C20H22F2N2O4S. The van der Waals surface area contributed by atoms with Crippen molar-refractivity contribution >= 4 is 10.0 Å². The summed E-state index contributed by atoms with van der Waals surface area (Å²) in [5.41, 5.74) is 1.10. The maximum atomic E-state index is 13.3. The van der Waals surface area contributed by atoms with Crippen LogP contribution in [-0.2, 0) is 10.0 Å². The first-order chi connectivity index (χ1) is 13.9. The molecule has 9 heteroatoms. The summed E-state index contributed by atoms with van der Waals surface area (Å²) in [4.78, 5) is 1.78. The van der Waals surface area contributed by atoms with E-state index in [1.807, 2.05) is 18.2 Å². The van der Waals surface area contributed by atoms with Crippen LogP contribution in [0.15, 0.2) is 41.3 Å². The summed E-state index contributed by atoms with van der Waals surface area (Å²) < 4.78 is 65.0. The Morgan fingerprint density at radius 3 is 2.52 bits per heavy atom. The molecule has 0 bridgehead atoms. The molecule has 2 aromatic rings. The van der Waals surface area contributed by atoms with Crippen molar-refractivity contribution in [1.29, 1.82) is 0 Å². The molecule has 156 valence electrons. The highest BCUT2D eigenvalue weighted by Gasteiger charge is 2.27. The van der Waals surface area contributed by atoms with Gasteiger partial charge in [0.15, 0.2) is 11.5 Å². The third-order valence-electron chi connectivity index (χ3n) is 5.15. The third-order valence-corrected chi connectivity index (χ3v) is 6.59. The highest BCUT2D eigenvalue weighted by Crippen LogP contribution is 2.37. The van der Waals surface area contributed by atoms with Gasteiger partial charge in [-0.25, -0.2) is 21.9 Å². The lowest BCUT2D eigenvalue weighted by atomic mass is 10.0. The predicted octanol–water partition coefficient (Wildman–Crippen LogP) is 2.85. The zero-order valence-electron chi connectivity index (χ0n) is 15.7. The van der Waals surface area contributed by atoms with Crippen molar-refractivity contribution in [2.24, 2.45) is 0 Å². The Kier molecular flexibility index (Phi) is 5.71. The second-order valence-electron chi connectivity index (χ2n) is 7.10. The van der Waals surface area contributed by atoms with Gasteiger partial charge in [0, 0.05) is 25.2 Å². The average Bonchev–Trinajstić information content (AvgIpc) is 3.15. The zero-order chi connectivity index (χ0) is 20.4. The third kappa shape index (κ3) is 4.52. The first-order valence-corrected chi connectivity index (χ1v) is 11.0. The summed E-state index contributed by atoms with van der Waals surface area (Å²) in [5.74, 6) is -0.388. The second-order valence-corrected chi connectivity index (χ2v) is 8.87. The number of fused-ring (bicyclic) bond motifs is 1. The molecule has 1 unspecified atom stereocenters. The van der Waals surface area contributed by atoms with Crippen molar-refractivity contribution in [3.05, 3.63) is 53.6 Å². The Balaban J connectivity index is 1.40. The molecule has 1 saturated heterocycles. The highest BCUT2D eigenvalue weighted by molar-refractivity contribution is 7.89. The normalized spacial score (nSPS) is 19.4. The van der Waals surface area contributed by atoms with Crippen LogP contribution >= 0.6 is 0 Å². The molecule has 0 radical (unpaired) electrons. The van der Waals surface area contributed by atoms with Crippen LogP contribution in [0.25, 0.3) is 0 Å². The minimum atomic E-state index is -3.98. The van der Waals surface area contributed by atoms with Gasteiger partial charge in [0.1, 0.15) is 24.8 Å². The topological polar surface area (TPSA) is 67.9 Å². The van der Waals surface area contributed by atoms with Gasteiger partial charge in [0.25, 0.3) is 0 Å². The Hall–Kier alpha value is -2.23. The number of halogens is 2. The number of ether oxygens (including phenoxy) is 2.